The fourth-order valence-electron chi connectivity index (χ4n) is 1.17. The number of carbonyl (C=O) groups is 1. The van der Waals surface area contributed by atoms with E-state index in [0.717, 1.165) is 18.5 Å². The van der Waals surface area contributed by atoms with Gasteiger partial charge in [0.15, 0.2) is 0 Å². The summed E-state index contributed by atoms with van der Waals surface area (Å²) >= 11 is 0. The molecule has 5 heteroatoms. The molecule has 0 atom stereocenters. The third-order valence-corrected chi connectivity index (χ3v) is 2.01. The zero-order chi connectivity index (χ0) is 10.4. The topological polar surface area (TPSA) is 67.0 Å². The molecule has 1 aromatic heterocycles. The second-order valence-electron chi connectivity index (χ2n) is 3.04. The van der Waals surface area contributed by atoms with Gasteiger partial charge in [0.05, 0.1) is 13.3 Å². The molecule has 14 heavy (non-hydrogen) atoms. The van der Waals surface area contributed by atoms with E-state index in [1.165, 1.54) is 12.7 Å². The predicted octanol–water partition coefficient (Wildman–Crippen LogP) is 1.01. The van der Waals surface area contributed by atoms with Crippen molar-refractivity contribution in [1.29, 1.82) is 0 Å². The van der Waals surface area contributed by atoms with Crippen molar-refractivity contribution in [2.45, 2.75) is 19.8 Å². The number of hydrogen-bond acceptors (Lipinski definition) is 3. The number of ether oxygens (including phenoxy) is 1. The van der Waals surface area contributed by atoms with Crippen LogP contribution in [0.5, 0.6) is 0 Å². The molecule has 0 aliphatic rings. The lowest BCUT2D eigenvalue weighted by molar-refractivity contribution is 0.171. The van der Waals surface area contributed by atoms with Gasteiger partial charge in [-0.15, -0.1) is 0 Å². The molecule has 1 aromatic rings. The summed E-state index contributed by atoms with van der Waals surface area (Å²) in [5.74, 6) is 0. The van der Waals surface area contributed by atoms with E-state index in [4.69, 9.17) is 0 Å². The van der Waals surface area contributed by atoms with Crippen molar-refractivity contribution in [2.75, 3.05) is 13.7 Å². The van der Waals surface area contributed by atoms with Gasteiger partial charge in [-0.05, 0) is 25.3 Å². The highest BCUT2D eigenvalue weighted by Gasteiger charge is 2.01. The fraction of sp³-hybridized carbons (Fsp3) is 0.556. The molecular weight excluding hydrogens is 182 g/mol. The van der Waals surface area contributed by atoms with Crippen LogP contribution in [0.4, 0.5) is 4.79 Å². The summed E-state index contributed by atoms with van der Waals surface area (Å²) < 4.78 is 4.44. The molecule has 0 radical (unpaired) electrons. The number of methoxy groups -OCH3 is 1. The Bertz CT molecular complexity index is 296. The first-order chi connectivity index (χ1) is 6.74. The molecule has 0 bridgehead atoms. The van der Waals surface area contributed by atoms with E-state index in [1.54, 1.807) is 0 Å². The number of aryl methyl sites for hydroxylation is 2. The van der Waals surface area contributed by atoms with Gasteiger partial charge in [-0.25, -0.2) is 4.79 Å². The molecule has 0 aliphatic heterocycles. The number of aromatic amines is 1. The van der Waals surface area contributed by atoms with Gasteiger partial charge in [-0.2, -0.15) is 5.10 Å². The molecule has 1 heterocycles. The Balaban J connectivity index is 2.16. The third kappa shape index (κ3) is 3.08. The molecule has 0 aliphatic carbocycles. The highest BCUT2D eigenvalue weighted by molar-refractivity contribution is 5.66. The first kappa shape index (κ1) is 10.6. The van der Waals surface area contributed by atoms with Crippen molar-refractivity contribution in [3.05, 3.63) is 17.5 Å². The maximum atomic E-state index is 10.7. The molecule has 2 N–H and O–H groups in total. The van der Waals surface area contributed by atoms with Crippen LogP contribution in [0.2, 0.25) is 0 Å². The van der Waals surface area contributed by atoms with E-state index in [9.17, 15) is 4.79 Å². The molecule has 0 unspecified atom stereocenters. The van der Waals surface area contributed by atoms with Gasteiger partial charge in [0.1, 0.15) is 0 Å². The minimum absolute atomic E-state index is 0.381. The van der Waals surface area contributed by atoms with Gasteiger partial charge < -0.3 is 10.1 Å². The summed E-state index contributed by atoms with van der Waals surface area (Å²) in [5.41, 5.74) is 2.28. The van der Waals surface area contributed by atoms with Crippen molar-refractivity contribution in [2.24, 2.45) is 0 Å². The van der Waals surface area contributed by atoms with E-state index >= 15 is 0 Å². The number of carbonyl (C=O) groups excluding carboxylic acids is 1. The molecular formula is C9H15N3O2. The third-order valence-electron chi connectivity index (χ3n) is 2.01. The van der Waals surface area contributed by atoms with Crippen LogP contribution in [-0.4, -0.2) is 29.9 Å². The molecule has 1 amide bonds. The summed E-state index contributed by atoms with van der Waals surface area (Å²) in [6.07, 6.45) is 3.23. The van der Waals surface area contributed by atoms with E-state index in [1.807, 2.05) is 13.1 Å². The van der Waals surface area contributed by atoms with Crippen LogP contribution in [0.15, 0.2) is 6.20 Å². The summed E-state index contributed by atoms with van der Waals surface area (Å²) in [5, 5.41) is 9.40. The molecule has 78 valence electrons. The van der Waals surface area contributed by atoms with Crippen molar-refractivity contribution in [1.82, 2.24) is 15.5 Å². The first-order valence-corrected chi connectivity index (χ1v) is 4.54. The Labute approximate surface area is 82.8 Å². The maximum Gasteiger partial charge on any atom is 0.406 e. The molecule has 0 saturated heterocycles. The lowest BCUT2D eigenvalue weighted by Gasteiger charge is -2.02. The minimum Gasteiger partial charge on any atom is -0.453 e. The van der Waals surface area contributed by atoms with Gasteiger partial charge in [-0.1, -0.05) is 0 Å². The fourth-order valence-corrected chi connectivity index (χ4v) is 1.17. The number of H-pyrrole nitrogens is 1. The molecule has 1 rings (SSSR count). The normalized spacial score (nSPS) is 9.86. The van der Waals surface area contributed by atoms with E-state index in [2.05, 4.69) is 20.3 Å². The van der Waals surface area contributed by atoms with Gasteiger partial charge >= 0.3 is 6.09 Å². The number of nitrogens with one attached hydrogen (secondary N) is 2. The number of rotatable bonds is 4. The Morgan fingerprint density at radius 2 is 2.50 bits per heavy atom. The number of amides is 1. The van der Waals surface area contributed by atoms with E-state index in [-0.39, 0.29) is 6.09 Å². The van der Waals surface area contributed by atoms with Crippen LogP contribution >= 0.6 is 0 Å². The Morgan fingerprint density at radius 3 is 3.07 bits per heavy atom. The summed E-state index contributed by atoms with van der Waals surface area (Å²) in [6, 6.07) is 0. The zero-order valence-corrected chi connectivity index (χ0v) is 8.46. The standard InChI is InChI=1S/C9H15N3O2/c1-7-8(6-11-12-7)4-3-5-10-9(13)14-2/h6H,3-5H2,1-2H3,(H,10,13)(H,11,12). The number of aromatic nitrogens is 2. The summed E-state index contributed by atoms with van der Waals surface area (Å²) in [6.45, 7) is 2.60. The Hall–Kier alpha value is -1.52. The number of nitrogens with zero attached hydrogens (tertiary/aromatic N) is 1. The SMILES string of the molecule is COC(=O)NCCCc1cn[nH]c1C. The number of hydrogen-bond donors (Lipinski definition) is 2. The smallest absolute Gasteiger partial charge is 0.406 e. The van der Waals surface area contributed by atoms with Crippen molar-refractivity contribution >= 4 is 6.09 Å². The minimum atomic E-state index is -0.381. The Kier molecular flexibility index (Phi) is 3.97. The van der Waals surface area contributed by atoms with Gasteiger partial charge in [0.2, 0.25) is 0 Å². The predicted molar refractivity (Wildman–Crippen MR) is 52.1 cm³/mol. The second-order valence-corrected chi connectivity index (χ2v) is 3.04. The maximum absolute atomic E-state index is 10.7. The van der Waals surface area contributed by atoms with Crippen molar-refractivity contribution in [3.63, 3.8) is 0 Å². The second kappa shape index (κ2) is 5.26. The quantitative estimate of drug-likeness (QED) is 0.708. The highest BCUT2D eigenvalue weighted by atomic mass is 16.5. The lowest BCUT2D eigenvalue weighted by atomic mass is 10.1. The molecule has 0 aromatic carbocycles. The largest absolute Gasteiger partial charge is 0.453 e. The monoisotopic (exact) mass is 197 g/mol. The van der Waals surface area contributed by atoms with Gasteiger partial charge in [0.25, 0.3) is 0 Å². The number of alkyl carbamates (subject to hydrolysis) is 1. The van der Waals surface area contributed by atoms with E-state index < -0.39 is 0 Å². The molecule has 0 spiro atoms. The first-order valence-electron chi connectivity index (χ1n) is 4.54. The van der Waals surface area contributed by atoms with Crippen molar-refractivity contribution in [3.8, 4) is 0 Å². The molecule has 0 fully saturated rings. The van der Waals surface area contributed by atoms with Crippen molar-refractivity contribution < 1.29 is 9.53 Å². The Morgan fingerprint density at radius 1 is 1.71 bits per heavy atom. The average molecular weight is 197 g/mol. The van der Waals surface area contributed by atoms with Crippen LogP contribution in [-0.2, 0) is 11.2 Å². The van der Waals surface area contributed by atoms with Crippen LogP contribution in [0.1, 0.15) is 17.7 Å². The van der Waals surface area contributed by atoms with Gasteiger partial charge in [0, 0.05) is 12.2 Å². The zero-order valence-electron chi connectivity index (χ0n) is 8.46. The van der Waals surface area contributed by atoms with Crippen LogP contribution in [0.25, 0.3) is 0 Å². The average Bonchev–Trinajstić information content (AvgIpc) is 2.58. The summed E-state index contributed by atoms with van der Waals surface area (Å²) in [7, 11) is 1.36. The molecule has 5 nitrogen and oxygen atoms in total. The lowest BCUT2D eigenvalue weighted by Crippen LogP contribution is -2.24. The molecule has 0 saturated carbocycles. The van der Waals surface area contributed by atoms with Crippen LogP contribution in [0, 0.1) is 6.92 Å². The van der Waals surface area contributed by atoms with Gasteiger partial charge in [-0.3, -0.25) is 5.10 Å². The highest BCUT2D eigenvalue weighted by Crippen LogP contribution is 2.04. The van der Waals surface area contributed by atoms with E-state index in [0.29, 0.717) is 6.54 Å². The van der Waals surface area contributed by atoms with Crippen LogP contribution in [0.3, 0.4) is 0 Å². The summed E-state index contributed by atoms with van der Waals surface area (Å²) in [4.78, 5) is 10.7. The van der Waals surface area contributed by atoms with Crippen LogP contribution < -0.4 is 5.32 Å².